The maximum atomic E-state index is 5.46. The Balaban J connectivity index is 2.91. The first-order valence-electron chi connectivity index (χ1n) is 3.38. The number of alkyl halides is 1. The lowest BCUT2D eigenvalue weighted by atomic mass is 10.4. The zero-order valence-electron chi connectivity index (χ0n) is 6.36. The van der Waals surface area contributed by atoms with Crippen LogP contribution in [0.4, 0.5) is 0 Å². The summed E-state index contributed by atoms with van der Waals surface area (Å²) in [7, 11) is -0.750. The minimum absolute atomic E-state index is 0.602. The van der Waals surface area contributed by atoms with E-state index >= 15 is 0 Å². The van der Waals surface area contributed by atoms with Crippen molar-refractivity contribution < 1.29 is 4.43 Å². The summed E-state index contributed by atoms with van der Waals surface area (Å²) in [5.41, 5.74) is 0. The van der Waals surface area contributed by atoms with Crippen molar-refractivity contribution >= 4 is 25.0 Å². The number of halogens is 1. The Morgan fingerprint density at radius 1 is 1.56 bits per heavy atom. The van der Waals surface area contributed by atoms with E-state index in [0.29, 0.717) is 4.83 Å². The summed E-state index contributed by atoms with van der Waals surface area (Å²) in [4.78, 5) is 0.602. The van der Waals surface area contributed by atoms with Gasteiger partial charge in [0.15, 0.2) is 9.04 Å². The highest BCUT2D eigenvalue weighted by molar-refractivity contribution is 9.09. The number of rotatable bonds is 4. The summed E-state index contributed by atoms with van der Waals surface area (Å²) in [6.07, 6.45) is 1.13. The molecule has 3 heteroatoms. The van der Waals surface area contributed by atoms with Gasteiger partial charge in [0, 0.05) is 11.4 Å². The highest BCUT2D eigenvalue weighted by atomic mass is 79.9. The van der Waals surface area contributed by atoms with Gasteiger partial charge in [-0.05, 0) is 19.5 Å². The molecule has 0 aliphatic rings. The number of hydrogen-bond donors (Lipinski definition) is 0. The molecule has 56 valence electrons. The predicted molar refractivity (Wildman–Crippen MR) is 47.8 cm³/mol. The van der Waals surface area contributed by atoms with Gasteiger partial charge in [-0.3, -0.25) is 0 Å². The van der Waals surface area contributed by atoms with Gasteiger partial charge in [-0.2, -0.15) is 0 Å². The molecule has 0 amide bonds. The van der Waals surface area contributed by atoms with Gasteiger partial charge in [0.2, 0.25) is 0 Å². The van der Waals surface area contributed by atoms with Gasteiger partial charge < -0.3 is 4.43 Å². The average Bonchev–Trinajstić information content (AvgIpc) is 1.63. The van der Waals surface area contributed by atoms with Crippen LogP contribution in [0.1, 0.15) is 13.3 Å². The molecule has 0 rings (SSSR count). The van der Waals surface area contributed by atoms with E-state index in [-0.39, 0.29) is 0 Å². The third kappa shape index (κ3) is 8.66. The first-order valence-corrected chi connectivity index (χ1v) is 7.08. The van der Waals surface area contributed by atoms with Crippen molar-refractivity contribution in [2.75, 3.05) is 6.61 Å². The fourth-order valence-electron chi connectivity index (χ4n) is 0.466. The van der Waals surface area contributed by atoms with Gasteiger partial charge >= 0.3 is 0 Å². The standard InChI is InChI=1S/C6H15BrOSi/c1-6(7)4-5-8-9(2)3/h6,9H,4-5H2,1-3H3. The Morgan fingerprint density at radius 2 is 2.11 bits per heavy atom. The van der Waals surface area contributed by atoms with E-state index in [2.05, 4.69) is 35.9 Å². The van der Waals surface area contributed by atoms with Crippen LogP contribution in [0.25, 0.3) is 0 Å². The van der Waals surface area contributed by atoms with Crippen LogP contribution < -0.4 is 0 Å². The van der Waals surface area contributed by atoms with Gasteiger partial charge in [-0.1, -0.05) is 22.9 Å². The Bertz CT molecular complexity index is 58.1. The monoisotopic (exact) mass is 210 g/mol. The molecule has 1 unspecified atom stereocenters. The molecule has 0 saturated carbocycles. The van der Waals surface area contributed by atoms with Gasteiger partial charge in [0.1, 0.15) is 0 Å². The molecule has 0 aromatic carbocycles. The third-order valence-corrected chi connectivity index (χ3v) is 2.33. The topological polar surface area (TPSA) is 9.23 Å². The molecular weight excluding hydrogens is 196 g/mol. The Morgan fingerprint density at radius 3 is 2.44 bits per heavy atom. The normalized spacial score (nSPS) is 14.3. The highest BCUT2D eigenvalue weighted by Crippen LogP contribution is 2.02. The molecule has 0 saturated heterocycles. The second kappa shape index (κ2) is 5.44. The molecule has 0 radical (unpaired) electrons. The van der Waals surface area contributed by atoms with E-state index < -0.39 is 9.04 Å². The summed E-state index contributed by atoms with van der Waals surface area (Å²) in [5.74, 6) is 0. The average molecular weight is 211 g/mol. The fraction of sp³-hybridized carbons (Fsp3) is 1.00. The van der Waals surface area contributed by atoms with E-state index in [9.17, 15) is 0 Å². The molecule has 0 aromatic heterocycles. The van der Waals surface area contributed by atoms with Gasteiger partial charge in [-0.15, -0.1) is 0 Å². The molecule has 0 aromatic rings. The van der Waals surface area contributed by atoms with Crippen LogP contribution in [-0.2, 0) is 4.43 Å². The number of hydrogen-bond acceptors (Lipinski definition) is 1. The zero-order chi connectivity index (χ0) is 7.28. The maximum absolute atomic E-state index is 5.46. The molecule has 0 spiro atoms. The fourth-order valence-corrected chi connectivity index (χ4v) is 1.26. The lowest BCUT2D eigenvalue weighted by molar-refractivity contribution is 0.320. The second-order valence-electron chi connectivity index (χ2n) is 2.49. The lowest BCUT2D eigenvalue weighted by Gasteiger charge is -2.06. The SMILES string of the molecule is CC(Br)CCO[SiH](C)C. The smallest absolute Gasteiger partial charge is 0.170 e. The van der Waals surface area contributed by atoms with Crippen LogP contribution in [0.2, 0.25) is 13.1 Å². The van der Waals surface area contributed by atoms with Crippen LogP contribution in [0.15, 0.2) is 0 Å². The van der Waals surface area contributed by atoms with Crippen molar-refractivity contribution in [2.24, 2.45) is 0 Å². The summed E-state index contributed by atoms with van der Waals surface area (Å²) in [6, 6.07) is 0. The van der Waals surface area contributed by atoms with Crippen molar-refractivity contribution in [1.29, 1.82) is 0 Å². The molecule has 9 heavy (non-hydrogen) atoms. The second-order valence-corrected chi connectivity index (χ2v) is 6.48. The van der Waals surface area contributed by atoms with Gasteiger partial charge in [0.25, 0.3) is 0 Å². The minimum Gasteiger partial charge on any atom is -0.421 e. The summed E-state index contributed by atoms with van der Waals surface area (Å²) >= 11 is 3.46. The van der Waals surface area contributed by atoms with Crippen molar-refractivity contribution in [3.63, 3.8) is 0 Å². The first-order chi connectivity index (χ1) is 4.13. The summed E-state index contributed by atoms with van der Waals surface area (Å²) in [6.45, 7) is 7.46. The Kier molecular flexibility index (Phi) is 5.84. The summed E-state index contributed by atoms with van der Waals surface area (Å²) in [5, 5.41) is 0. The third-order valence-electron chi connectivity index (χ3n) is 0.967. The largest absolute Gasteiger partial charge is 0.421 e. The van der Waals surface area contributed by atoms with Crippen LogP contribution in [0.5, 0.6) is 0 Å². The van der Waals surface area contributed by atoms with Crippen molar-refractivity contribution in [3.8, 4) is 0 Å². The quantitative estimate of drug-likeness (QED) is 0.511. The van der Waals surface area contributed by atoms with E-state index in [1.54, 1.807) is 0 Å². The molecule has 0 N–H and O–H groups in total. The molecule has 0 bridgehead atoms. The van der Waals surface area contributed by atoms with Crippen molar-refractivity contribution in [1.82, 2.24) is 0 Å². The van der Waals surface area contributed by atoms with Crippen LogP contribution in [0.3, 0.4) is 0 Å². The maximum Gasteiger partial charge on any atom is 0.170 e. The minimum atomic E-state index is -0.750. The highest BCUT2D eigenvalue weighted by Gasteiger charge is 1.97. The molecule has 1 nitrogen and oxygen atoms in total. The molecule has 0 aliphatic heterocycles. The van der Waals surface area contributed by atoms with E-state index in [0.717, 1.165) is 13.0 Å². The van der Waals surface area contributed by atoms with E-state index in [4.69, 9.17) is 4.43 Å². The lowest BCUT2D eigenvalue weighted by Crippen LogP contribution is -2.10. The molecule has 0 aliphatic carbocycles. The molecule has 0 heterocycles. The van der Waals surface area contributed by atoms with Crippen molar-refractivity contribution in [2.45, 2.75) is 31.3 Å². The van der Waals surface area contributed by atoms with E-state index in [1.807, 2.05) is 0 Å². The predicted octanol–water partition coefficient (Wildman–Crippen LogP) is 2.16. The van der Waals surface area contributed by atoms with Gasteiger partial charge in [-0.25, -0.2) is 0 Å². The van der Waals surface area contributed by atoms with Crippen LogP contribution in [0, 0.1) is 0 Å². The molecule has 1 atom stereocenters. The van der Waals surface area contributed by atoms with Gasteiger partial charge in [0.05, 0.1) is 0 Å². The van der Waals surface area contributed by atoms with E-state index in [1.165, 1.54) is 0 Å². The van der Waals surface area contributed by atoms with Crippen LogP contribution in [-0.4, -0.2) is 20.5 Å². The summed E-state index contributed by atoms with van der Waals surface area (Å²) < 4.78 is 5.46. The Labute approximate surface area is 67.6 Å². The Hall–Kier alpha value is 0.657. The zero-order valence-corrected chi connectivity index (χ0v) is 9.10. The van der Waals surface area contributed by atoms with Crippen molar-refractivity contribution in [3.05, 3.63) is 0 Å². The van der Waals surface area contributed by atoms with Crippen LogP contribution >= 0.6 is 15.9 Å². The first kappa shape index (κ1) is 9.66. The molecular formula is C6H15BrOSi. The molecule has 0 fully saturated rings.